The number of nitrogens with two attached hydrogens (primary N) is 1. The van der Waals surface area contributed by atoms with Crippen molar-refractivity contribution >= 4 is 16.9 Å². The number of hydrogen-bond acceptors (Lipinski definition) is 6. The van der Waals surface area contributed by atoms with Crippen LogP contribution in [-0.4, -0.2) is 59.4 Å². The molecule has 1 aliphatic rings. The average molecular weight is 395 g/mol. The number of carbonyl (C=O) groups is 1. The van der Waals surface area contributed by atoms with Crippen molar-refractivity contribution in [3.8, 4) is 11.5 Å². The van der Waals surface area contributed by atoms with Crippen molar-refractivity contribution < 1.29 is 14.3 Å². The first-order valence-electron chi connectivity index (χ1n) is 9.69. The number of likely N-dealkylation sites (tertiary alicyclic amines) is 1. The summed E-state index contributed by atoms with van der Waals surface area (Å²) in [4.78, 5) is 19.5. The molecule has 0 radical (unpaired) electrons. The third-order valence-corrected chi connectivity index (χ3v) is 5.38. The number of hydrogen-bond donors (Lipinski definition) is 1. The zero-order valence-corrected chi connectivity index (χ0v) is 16.7. The van der Waals surface area contributed by atoms with Crippen LogP contribution in [0.1, 0.15) is 28.4 Å². The van der Waals surface area contributed by atoms with E-state index in [1.54, 1.807) is 38.6 Å². The number of nitrogens with zero attached hydrogens (tertiary/aromatic N) is 4. The lowest BCUT2D eigenvalue weighted by Gasteiger charge is -2.18. The Hall–Kier alpha value is -3.13. The highest BCUT2D eigenvalue weighted by atomic mass is 16.5. The minimum absolute atomic E-state index is 0.0629. The van der Waals surface area contributed by atoms with Crippen LogP contribution in [-0.2, 0) is 6.54 Å². The largest absolute Gasteiger partial charge is 0.497 e. The van der Waals surface area contributed by atoms with E-state index < -0.39 is 0 Å². The Morgan fingerprint density at radius 2 is 2.14 bits per heavy atom. The van der Waals surface area contributed by atoms with Gasteiger partial charge in [-0.15, -0.1) is 0 Å². The summed E-state index contributed by atoms with van der Waals surface area (Å²) < 4.78 is 12.5. The van der Waals surface area contributed by atoms with E-state index in [9.17, 15) is 4.79 Å². The normalized spacial score (nSPS) is 16.4. The average Bonchev–Trinajstić information content (AvgIpc) is 3.38. The zero-order valence-electron chi connectivity index (χ0n) is 16.7. The quantitative estimate of drug-likeness (QED) is 0.686. The van der Waals surface area contributed by atoms with E-state index in [4.69, 9.17) is 20.3 Å². The fourth-order valence-corrected chi connectivity index (χ4v) is 3.93. The molecule has 0 bridgehead atoms. The van der Waals surface area contributed by atoms with Gasteiger partial charge in [-0.3, -0.25) is 4.79 Å². The van der Waals surface area contributed by atoms with Gasteiger partial charge >= 0.3 is 0 Å². The summed E-state index contributed by atoms with van der Waals surface area (Å²) in [7, 11) is 3.15. The number of carbonyl (C=O) groups excluding carboxylic acids is 1. The molecule has 0 spiro atoms. The smallest absolute Gasteiger partial charge is 0.257 e. The number of amides is 1. The standard InChI is InChI=1S/C21H25N5O3/c1-28-15-5-6-18(29-2)17(12-15)21(27)25-10-7-14(13-25)19-16-4-3-9-23-20(16)26(24-19)11-8-22/h3-6,9,12,14H,7-8,10-11,13,22H2,1-2H3. The van der Waals surface area contributed by atoms with E-state index in [-0.39, 0.29) is 11.8 Å². The summed E-state index contributed by atoms with van der Waals surface area (Å²) in [6.45, 7) is 2.37. The number of fused-ring (bicyclic) bond motifs is 1. The van der Waals surface area contributed by atoms with Crippen molar-refractivity contribution in [3.63, 3.8) is 0 Å². The lowest BCUT2D eigenvalue weighted by Crippen LogP contribution is -2.29. The molecule has 152 valence electrons. The van der Waals surface area contributed by atoms with Crippen LogP contribution < -0.4 is 15.2 Å². The van der Waals surface area contributed by atoms with Crippen molar-refractivity contribution in [1.29, 1.82) is 0 Å². The van der Waals surface area contributed by atoms with Gasteiger partial charge in [0.2, 0.25) is 0 Å². The summed E-state index contributed by atoms with van der Waals surface area (Å²) in [6, 6.07) is 9.22. The van der Waals surface area contributed by atoms with Crippen LogP contribution in [0, 0.1) is 0 Å². The van der Waals surface area contributed by atoms with Crippen LogP contribution >= 0.6 is 0 Å². The zero-order chi connectivity index (χ0) is 20.4. The van der Waals surface area contributed by atoms with Crippen molar-refractivity contribution in [2.24, 2.45) is 5.73 Å². The summed E-state index contributed by atoms with van der Waals surface area (Å²) in [5, 5.41) is 5.81. The Balaban J connectivity index is 1.60. The van der Waals surface area contributed by atoms with E-state index in [2.05, 4.69) is 4.98 Å². The molecule has 1 amide bonds. The number of ether oxygens (including phenoxy) is 2. The fourth-order valence-electron chi connectivity index (χ4n) is 3.93. The monoisotopic (exact) mass is 395 g/mol. The molecule has 1 aliphatic heterocycles. The fraction of sp³-hybridized carbons (Fsp3) is 0.381. The highest BCUT2D eigenvalue weighted by molar-refractivity contribution is 5.97. The van der Waals surface area contributed by atoms with Crippen molar-refractivity contribution in [1.82, 2.24) is 19.7 Å². The van der Waals surface area contributed by atoms with E-state index in [1.165, 1.54) is 0 Å². The van der Waals surface area contributed by atoms with Crippen LogP contribution in [0.2, 0.25) is 0 Å². The van der Waals surface area contributed by atoms with E-state index in [1.807, 2.05) is 21.7 Å². The molecule has 0 saturated carbocycles. The van der Waals surface area contributed by atoms with Gasteiger partial charge in [0.05, 0.1) is 32.0 Å². The van der Waals surface area contributed by atoms with Crippen molar-refractivity contribution in [2.45, 2.75) is 18.9 Å². The Labute approximate surface area is 169 Å². The summed E-state index contributed by atoms with van der Waals surface area (Å²) in [5.41, 5.74) is 8.06. The molecular weight excluding hydrogens is 370 g/mol. The minimum Gasteiger partial charge on any atom is -0.497 e. The second kappa shape index (κ2) is 8.08. The third-order valence-electron chi connectivity index (χ3n) is 5.38. The molecule has 8 heteroatoms. The number of methoxy groups -OCH3 is 2. The SMILES string of the molecule is COc1ccc(OC)c(C(=O)N2CCC(c3nn(CCN)c4ncccc34)C2)c1. The molecule has 1 saturated heterocycles. The molecule has 0 aliphatic carbocycles. The van der Waals surface area contributed by atoms with E-state index in [0.717, 1.165) is 23.1 Å². The van der Waals surface area contributed by atoms with Gasteiger partial charge in [-0.05, 0) is 36.8 Å². The highest BCUT2D eigenvalue weighted by Crippen LogP contribution is 2.33. The maximum absolute atomic E-state index is 13.2. The molecule has 29 heavy (non-hydrogen) atoms. The lowest BCUT2D eigenvalue weighted by atomic mass is 10.0. The topological polar surface area (TPSA) is 95.5 Å². The van der Waals surface area contributed by atoms with Gasteiger partial charge in [0.1, 0.15) is 11.5 Å². The third kappa shape index (κ3) is 3.51. The van der Waals surface area contributed by atoms with Gasteiger partial charge in [0.25, 0.3) is 5.91 Å². The Morgan fingerprint density at radius 1 is 1.28 bits per heavy atom. The first-order valence-corrected chi connectivity index (χ1v) is 9.69. The van der Waals surface area contributed by atoms with Crippen LogP contribution in [0.25, 0.3) is 11.0 Å². The summed E-state index contributed by atoms with van der Waals surface area (Å²) in [6.07, 6.45) is 2.61. The second-order valence-electron chi connectivity index (χ2n) is 7.07. The highest BCUT2D eigenvalue weighted by Gasteiger charge is 2.32. The van der Waals surface area contributed by atoms with Gasteiger partial charge in [-0.2, -0.15) is 5.10 Å². The molecular formula is C21H25N5O3. The van der Waals surface area contributed by atoms with Crippen LogP contribution in [0.4, 0.5) is 0 Å². The molecule has 8 nitrogen and oxygen atoms in total. The molecule has 3 aromatic rings. The molecule has 1 atom stereocenters. The predicted molar refractivity (Wildman–Crippen MR) is 109 cm³/mol. The first kappa shape index (κ1) is 19.2. The van der Waals surface area contributed by atoms with Crippen LogP contribution in [0.3, 0.4) is 0 Å². The van der Waals surface area contributed by atoms with Crippen LogP contribution in [0.15, 0.2) is 36.5 Å². The molecule has 1 fully saturated rings. The minimum atomic E-state index is -0.0629. The van der Waals surface area contributed by atoms with Gasteiger partial charge in [0.15, 0.2) is 5.65 Å². The molecule has 4 rings (SSSR count). The predicted octanol–water partition coefficient (Wildman–Crippen LogP) is 2.04. The van der Waals surface area contributed by atoms with Gasteiger partial charge < -0.3 is 20.1 Å². The first-order chi connectivity index (χ1) is 14.2. The van der Waals surface area contributed by atoms with Crippen LogP contribution in [0.5, 0.6) is 11.5 Å². The van der Waals surface area contributed by atoms with Gasteiger partial charge in [0, 0.05) is 37.1 Å². The van der Waals surface area contributed by atoms with E-state index >= 15 is 0 Å². The number of benzene rings is 1. The Kier molecular flexibility index (Phi) is 5.35. The van der Waals surface area contributed by atoms with Crippen molar-refractivity contribution in [3.05, 3.63) is 47.8 Å². The number of aromatic nitrogens is 3. The second-order valence-corrected chi connectivity index (χ2v) is 7.07. The molecule has 2 aromatic heterocycles. The summed E-state index contributed by atoms with van der Waals surface area (Å²) >= 11 is 0. The lowest BCUT2D eigenvalue weighted by molar-refractivity contribution is 0.0787. The maximum Gasteiger partial charge on any atom is 0.257 e. The molecule has 3 heterocycles. The molecule has 2 N–H and O–H groups in total. The molecule has 1 unspecified atom stereocenters. The Morgan fingerprint density at radius 3 is 2.90 bits per heavy atom. The van der Waals surface area contributed by atoms with Gasteiger partial charge in [-0.25, -0.2) is 9.67 Å². The number of rotatable bonds is 6. The van der Waals surface area contributed by atoms with Crippen molar-refractivity contribution in [2.75, 3.05) is 33.9 Å². The molecule has 1 aromatic carbocycles. The Bertz CT molecular complexity index is 1030. The summed E-state index contributed by atoms with van der Waals surface area (Å²) in [5.74, 6) is 1.26. The number of pyridine rings is 1. The van der Waals surface area contributed by atoms with Gasteiger partial charge in [-0.1, -0.05) is 0 Å². The maximum atomic E-state index is 13.2. The van der Waals surface area contributed by atoms with E-state index in [0.29, 0.717) is 43.2 Å².